The number of carbonyl (C=O) groups excluding carboxylic acids is 1. The number of benzene rings is 3. The number of sulfonamides is 1. The average molecular weight is 407 g/mol. The van der Waals surface area contributed by atoms with Crippen molar-refractivity contribution in [2.75, 3.05) is 10.0 Å². The Morgan fingerprint density at radius 3 is 2.21 bits per heavy atom. The molecule has 0 heterocycles. The highest BCUT2D eigenvalue weighted by Crippen LogP contribution is 2.38. The van der Waals surface area contributed by atoms with Gasteiger partial charge in [-0.05, 0) is 77.9 Å². The second-order valence-corrected chi connectivity index (χ2v) is 9.05. The number of hydrogen-bond acceptors (Lipinski definition) is 3. The lowest BCUT2D eigenvalue weighted by atomic mass is 10.1. The normalized spacial score (nSPS) is 12.2. The first-order valence-electron chi connectivity index (χ1n) is 9.37. The van der Waals surface area contributed by atoms with Crippen LogP contribution < -0.4 is 10.0 Å². The zero-order valence-corrected chi connectivity index (χ0v) is 17.4. The Bertz CT molecular complexity index is 1220. The fourth-order valence-electron chi connectivity index (χ4n) is 4.06. The molecule has 5 nitrogen and oxygen atoms in total. The van der Waals surface area contributed by atoms with E-state index >= 15 is 0 Å². The summed E-state index contributed by atoms with van der Waals surface area (Å²) in [7, 11) is -3.77. The third kappa shape index (κ3) is 3.63. The second kappa shape index (κ2) is 7.04. The Hall–Kier alpha value is -3.12. The maximum Gasteiger partial charge on any atom is 0.262 e. The van der Waals surface area contributed by atoms with Gasteiger partial charge < -0.3 is 5.32 Å². The van der Waals surface area contributed by atoms with Gasteiger partial charge in [0.25, 0.3) is 10.0 Å². The first-order chi connectivity index (χ1) is 13.7. The minimum atomic E-state index is -3.77. The Labute approximate surface area is 170 Å². The molecule has 2 N–H and O–H groups in total. The van der Waals surface area contributed by atoms with Gasteiger partial charge in [-0.25, -0.2) is 8.42 Å². The topological polar surface area (TPSA) is 75.3 Å². The van der Waals surface area contributed by atoms with E-state index in [0.29, 0.717) is 22.5 Å². The number of rotatable bonds is 4. The van der Waals surface area contributed by atoms with Gasteiger partial charge in [-0.15, -0.1) is 0 Å². The Morgan fingerprint density at radius 1 is 0.862 bits per heavy atom. The molecule has 6 heteroatoms. The van der Waals surface area contributed by atoms with E-state index in [-0.39, 0.29) is 10.8 Å². The quantitative estimate of drug-likeness (QED) is 0.519. The minimum Gasteiger partial charge on any atom is -0.326 e. The summed E-state index contributed by atoms with van der Waals surface area (Å²) >= 11 is 0. The largest absolute Gasteiger partial charge is 0.326 e. The first kappa shape index (κ1) is 19.2. The molecular formula is C23H22N2O3S. The van der Waals surface area contributed by atoms with Gasteiger partial charge in [0.2, 0.25) is 5.91 Å². The van der Waals surface area contributed by atoms with Gasteiger partial charge in [-0.1, -0.05) is 30.3 Å². The summed E-state index contributed by atoms with van der Waals surface area (Å²) in [4.78, 5) is 11.5. The fourth-order valence-corrected chi connectivity index (χ4v) is 5.57. The Kier molecular flexibility index (Phi) is 4.67. The summed E-state index contributed by atoms with van der Waals surface area (Å²) in [5.41, 5.74) is 7.00. The number of carbonyl (C=O) groups is 1. The van der Waals surface area contributed by atoms with Crippen LogP contribution in [-0.2, 0) is 21.2 Å². The van der Waals surface area contributed by atoms with Crippen LogP contribution in [0.25, 0.3) is 11.1 Å². The smallest absolute Gasteiger partial charge is 0.262 e. The van der Waals surface area contributed by atoms with Crippen molar-refractivity contribution in [1.29, 1.82) is 0 Å². The lowest BCUT2D eigenvalue weighted by molar-refractivity contribution is -0.114. The van der Waals surface area contributed by atoms with Crippen molar-refractivity contribution >= 4 is 27.3 Å². The van der Waals surface area contributed by atoms with Crippen molar-refractivity contribution in [2.24, 2.45) is 0 Å². The molecule has 0 radical (unpaired) electrons. The van der Waals surface area contributed by atoms with Crippen LogP contribution in [0.2, 0.25) is 0 Å². The summed E-state index contributed by atoms with van der Waals surface area (Å²) < 4.78 is 28.9. The van der Waals surface area contributed by atoms with Crippen molar-refractivity contribution in [3.63, 3.8) is 0 Å². The van der Waals surface area contributed by atoms with E-state index in [1.807, 2.05) is 24.3 Å². The van der Waals surface area contributed by atoms with Crippen LogP contribution in [0.1, 0.15) is 29.2 Å². The molecule has 0 aliphatic heterocycles. The van der Waals surface area contributed by atoms with Crippen molar-refractivity contribution in [1.82, 2.24) is 0 Å². The third-order valence-electron chi connectivity index (χ3n) is 5.10. The Morgan fingerprint density at radius 2 is 1.52 bits per heavy atom. The van der Waals surface area contributed by atoms with E-state index in [4.69, 9.17) is 0 Å². The lowest BCUT2D eigenvalue weighted by Crippen LogP contribution is -2.16. The molecule has 0 saturated heterocycles. The molecule has 1 aliphatic carbocycles. The van der Waals surface area contributed by atoms with Crippen LogP contribution in [0, 0.1) is 13.8 Å². The van der Waals surface area contributed by atoms with Gasteiger partial charge in [0.05, 0.1) is 4.90 Å². The molecular weight excluding hydrogens is 384 g/mol. The molecule has 1 aliphatic rings. The standard InChI is InChI=1S/C23H22N2O3S/c1-14-10-20(24-16(3)26)11-15(2)23(14)29(27,28)25-19-8-9-22-18(13-19)12-17-6-4-5-7-21(17)22/h4-11,13,25H,12H2,1-3H3,(H,24,26). The summed E-state index contributed by atoms with van der Waals surface area (Å²) in [5.74, 6) is -0.198. The highest BCUT2D eigenvalue weighted by atomic mass is 32.2. The van der Waals surface area contributed by atoms with E-state index < -0.39 is 10.0 Å². The minimum absolute atomic E-state index is 0.198. The van der Waals surface area contributed by atoms with Crippen molar-refractivity contribution in [3.05, 3.63) is 76.9 Å². The van der Waals surface area contributed by atoms with E-state index in [1.54, 1.807) is 32.0 Å². The summed E-state index contributed by atoms with van der Waals surface area (Å²) in [5, 5.41) is 2.70. The molecule has 1 amide bonds. The summed E-state index contributed by atoms with van der Waals surface area (Å²) in [6, 6.07) is 17.2. The molecule has 0 spiro atoms. The summed E-state index contributed by atoms with van der Waals surface area (Å²) in [6.07, 6.45) is 0.796. The number of fused-ring (bicyclic) bond motifs is 3. The molecule has 148 valence electrons. The number of aryl methyl sites for hydroxylation is 2. The molecule has 0 saturated carbocycles. The predicted molar refractivity (Wildman–Crippen MR) is 116 cm³/mol. The van der Waals surface area contributed by atoms with Crippen molar-refractivity contribution in [2.45, 2.75) is 32.1 Å². The van der Waals surface area contributed by atoms with Gasteiger partial charge in [0.15, 0.2) is 0 Å². The zero-order valence-electron chi connectivity index (χ0n) is 16.5. The summed E-state index contributed by atoms with van der Waals surface area (Å²) in [6.45, 7) is 4.88. The van der Waals surface area contributed by atoms with Crippen LogP contribution in [0.15, 0.2) is 59.5 Å². The van der Waals surface area contributed by atoms with Gasteiger partial charge in [-0.2, -0.15) is 0 Å². The van der Waals surface area contributed by atoms with Gasteiger partial charge >= 0.3 is 0 Å². The molecule has 0 fully saturated rings. The number of anilines is 2. The molecule has 0 bridgehead atoms. The SMILES string of the molecule is CC(=O)Nc1cc(C)c(S(=O)(=O)Nc2ccc3c(c2)Cc2ccccc2-3)c(C)c1. The molecule has 4 rings (SSSR count). The number of amides is 1. The molecule has 0 unspecified atom stereocenters. The van der Waals surface area contributed by atoms with Crippen LogP contribution in [0.5, 0.6) is 0 Å². The van der Waals surface area contributed by atoms with Crippen LogP contribution in [-0.4, -0.2) is 14.3 Å². The van der Waals surface area contributed by atoms with Crippen LogP contribution in [0.3, 0.4) is 0 Å². The fraction of sp³-hybridized carbons (Fsp3) is 0.174. The van der Waals surface area contributed by atoms with E-state index in [0.717, 1.165) is 17.5 Å². The molecule has 0 atom stereocenters. The van der Waals surface area contributed by atoms with Gasteiger partial charge in [-0.3, -0.25) is 9.52 Å². The first-order valence-corrected chi connectivity index (χ1v) is 10.9. The zero-order chi connectivity index (χ0) is 20.8. The number of hydrogen-bond donors (Lipinski definition) is 2. The monoisotopic (exact) mass is 406 g/mol. The van der Waals surface area contributed by atoms with E-state index in [9.17, 15) is 13.2 Å². The maximum absolute atomic E-state index is 13.1. The molecule has 3 aromatic rings. The van der Waals surface area contributed by atoms with Gasteiger partial charge in [0.1, 0.15) is 0 Å². The number of nitrogens with one attached hydrogen (secondary N) is 2. The third-order valence-corrected chi connectivity index (χ3v) is 6.78. The maximum atomic E-state index is 13.1. The van der Waals surface area contributed by atoms with Crippen LogP contribution in [0.4, 0.5) is 11.4 Å². The van der Waals surface area contributed by atoms with Crippen molar-refractivity contribution in [3.8, 4) is 11.1 Å². The van der Waals surface area contributed by atoms with E-state index in [1.165, 1.54) is 18.1 Å². The van der Waals surface area contributed by atoms with Crippen LogP contribution >= 0.6 is 0 Å². The molecule has 3 aromatic carbocycles. The Balaban J connectivity index is 1.65. The van der Waals surface area contributed by atoms with Crippen molar-refractivity contribution < 1.29 is 13.2 Å². The second-order valence-electron chi connectivity index (χ2n) is 7.43. The highest BCUT2D eigenvalue weighted by Gasteiger charge is 2.23. The predicted octanol–water partition coefficient (Wildman–Crippen LogP) is 4.63. The highest BCUT2D eigenvalue weighted by molar-refractivity contribution is 7.92. The lowest BCUT2D eigenvalue weighted by Gasteiger charge is -2.15. The average Bonchev–Trinajstić information content (AvgIpc) is 2.97. The van der Waals surface area contributed by atoms with E-state index in [2.05, 4.69) is 22.2 Å². The molecule has 29 heavy (non-hydrogen) atoms. The molecule has 0 aromatic heterocycles. The van der Waals surface area contributed by atoms with Gasteiger partial charge in [0, 0.05) is 18.3 Å².